The van der Waals surface area contributed by atoms with Crippen LogP contribution in [0.25, 0.3) is 15.9 Å². The second-order valence-corrected chi connectivity index (χ2v) is 8.89. The van der Waals surface area contributed by atoms with Crippen LogP contribution in [-0.2, 0) is 24.3 Å². The highest BCUT2D eigenvalue weighted by Crippen LogP contribution is 2.39. The van der Waals surface area contributed by atoms with Gasteiger partial charge in [0.05, 0.1) is 24.1 Å². The second kappa shape index (κ2) is 6.30. The maximum absolute atomic E-state index is 5.95. The molecular weight excluding hydrogens is 334 g/mol. The van der Waals surface area contributed by atoms with Crippen LogP contribution in [0.5, 0.6) is 0 Å². The van der Waals surface area contributed by atoms with Crippen molar-refractivity contribution in [2.24, 2.45) is 5.92 Å². The maximum atomic E-state index is 5.95. The third-order valence-corrected chi connectivity index (χ3v) is 5.75. The van der Waals surface area contributed by atoms with Gasteiger partial charge in [-0.2, -0.15) is 0 Å². The number of nitrogens with one attached hydrogen (secondary N) is 1. The van der Waals surface area contributed by atoms with Crippen LogP contribution in [0.4, 0.5) is 0 Å². The molecule has 0 saturated heterocycles. The lowest BCUT2D eigenvalue weighted by Crippen LogP contribution is -2.31. The van der Waals surface area contributed by atoms with Gasteiger partial charge in [-0.05, 0) is 38.3 Å². The maximum Gasteiger partial charge on any atom is 0.168 e. The van der Waals surface area contributed by atoms with Crippen molar-refractivity contribution in [1.29, 1.82) is 0 Å². The summed E-state index contributed by atoms with van der Waals surface area (Å²) in [7, 11) is 0. The summed E-state index contributed by atoms with van der Waals surface area (Å²) in [6, 6.07) is 0. The zero-order valence-corrected chi connectivity index (χ0v) is 16.1. The van der Waals surface area contributed by atoms with Crippen LogP contribution in [0.1, 0.15) is 50.4 Å². The second-order valence-electron chi connectivity index (χ2n) is 7.81. The molecule has 0 fully saturated rings. The van der Waals surface area contributed by atoms with Crippen LogP contribution in [0, 0.1) is 5.92 Å². The lowest BCUT2D eigenvalue weighted by atomic mass is 9.94. The summed E-state index contributed by atoms with van der Waals surface area (Å²) in [5.74, 6) is 1.53. The summed E-state index contributed by atoms with van der Waals surface area (Å²) < 4.78 is 7.77. The minimum atomic E-state index is -0.144. The predicted molar refractivity (Wildman–Crippen MR) is 99.9 cm³/mol. The van der Waals surface area contributed by atoms with E-state index in [1.807, 2.05) is 4.52 Å². The van der Waals surface area contributed by atoms with Crippen molar-refractivity contribution >= 4 is 27.2 Å². The van der Waals surface area contributed by atoms with Gasteiger partial charge in [0.25, 0.3) is 0 Å². The van der Waals surface area contributed by atoms with Crippen LogP contribution in [0.2, 0.25) is 0 Å². The summed E-state index contributed by atoms with van der Waals surface area (Å²) in [4.78, 5) is 11.7. The first-order valence-electron chi connectivity index (χ1n) is 8.92. The predicted octanol–water partition coefficient (Wildman–Crippen LogP) is 3.33. The van der Waals surface area contributed by atoms with E-state index in [2.05, 4.69) is 43.1 Å². The Morgan fingerprint density at radius 1 is 1.40 bits per heavy atom. The highest BCUT2D eigenvalue weighted by molar-refractivity contribution is 7.19. The number of hydrogen-bond acceptors (Lipinski definition) is 6. The summed E-state index contributed by atoms with van der Waals surface area (Å²) in [6.07, 6.45) is 3.82. The fourth-order valence-electron chi connectivity index (χ4n) is 3.25. The molecule has 0 radical (unpaired) electrons. The van der Waals surface area contributed by atoms with Gasteiger partial charge in [0, 0.05) is 11.3 Å². The lowest BCUT2D eigenvalue weighted by molar-refractivity contribution is -0.0379. The third kappa shape index (κ3) is 3.28. The standard InChI is InChI=1S/C18H25N5OS/c1-11(2)5-6-19-8-14-21-16-15-12-7-18(3,4)24-9-13(12)25-17(15)20-10-23(16)22-14/h10-11,19H,5-9H2,1-4H3. The van der Waals surface area contributed by atoms with Crippen LogP contribution in [0.3, 0.4) is 0 Å². The molecule has 0 amide bonds. The van der Waals surface area contributed by atoms with Gasteiger partial charge in [-0.1, -0.05) is 13.8 Å². The number of hydrogen-bond donors (Lipinski definition) is 1. The Bertz CT molecular complexity index is 911. The number of ether oxygens (including phenoxy) is 1. The molecule has 7 heteroatoms. The van der Waals surface area contributed by atoms with E-state index in [4.69, 9.17) is 9.72 Å². The van der Waals surface area contributed by atoms with Gasteiger partial charge in [-0.25, -0.2) is 14.5 Å². The van der Waals surface area contributed by atoms with Crippen molar-refractivity contribution in [3.8, 4) is 0 Å². The minimum absolute atomic E-state index is 0.144. The largest absolute Gasteiger partial charge is 0.370 e. The summed E-state index contributed by atoms with van der Waals surface area (Å²) in [6.45, 7) is 11.1. The van der Waals surface area contributed by atoms with Gasteiger partial charge >= 0.3 is 0 Å². The molecule has 1 aliphatic heterocycles. The fourth-order valence-corrected chi connectivity index (χ4v) is 4.32. The quantitative estimate of drug-likeness (QED) is 0.708. The van der Waals surface area contributed by atoms with E-state index in [1.165, 1.54) is 10.4 Å². The molecule has 3 aromatic heterocycles. The summed E-state index contributed by atoms with van der Waals surface area (Å²) in [5, 5.41) is 9.19. The molecule has 0 aliphatic carbocycles. The molecule has 0 aromatic carbocycles. The van der Waals surface area contributed by atoms with E-state index in [1.54, 1.807) is 17.7 Å². The lowest BCUT2D eigenvalue weighted by Gasteiger charge is -2.30. The molecule has 4 heterocycles. The van der Waals surface area contributed by atoms with E-state index in [0.29, 0.717) is 19.1 Å². The first-order valence-corrected chi connectivity index (χ1v) is 9.74. The molecule has 4 rings (SSSR count). The van der Waals surface area contributed by atoms with Crippen molar-refractivity contribution in [1.82, 2.24) is 24.9 Å². The van der Waals surface area contributed by atoms with Crippen LogP contribution in [0.15, 0.2) is 6.33 Å². The molecule has 1 N–H and O–H groups in total. The molecule has 0 unspecified atom stereocenters. The van der Waals surface area contributed by atoms with Gasteiger partial charge < -0.3 is 10.1 Å². The van der Waals surface area contributed by atoms with Gasteiger partial charge in [0.2, 0.25) is 0 Å². The Kier molecular flexibility index (Phi) is 4.25. The zero-order valence-electron chi connectivity index (χ0n) is 15.3. The Balaban J connectivity index is 1.68. The molecule has 134 valence electrons. The summed E-state index contributed by atoms with van der Waals surface area (Å²) in [5.41, 5.74) is 2.11. The number of aromatic nitrogens is 4. The van der Waals surface area contributed by atoms with Gasteiger partial charge in [-0.3, -0.25) is 0 Å². The summed E-state index contributed by atoms with van der Waals surface area (Å²) >= 11 is 1.72. The number of fused-ring (bicyclic) bond motifs is 5. The smallest absolute Gasteiger partial charge is 0.168 e. The first kappa shape index (κ1) is 16.9. The molecular formula is C18H25N5OS. The molecule has 25 heavy (non-hydrogen) atoms. The number of nitrogens with zero attached hydrogens (tertiary/aromatic N) is 4. The molecule has 0 spiro atoms. The van der Waals surface area contributed by atoms with E-state index < -0.39 is 0 Å². The van der Waals surface area contributed by atoms with Crippen LogP contribution >= 0.6 is 11.3 Å². The Labute approximate surface area is 151 Å². The molecule has 6 nitrogen and oxygen atoms in total. The van der Waals surface area contributed by atoms with Crippen molar-refractivity contribution in [3.05, 3.63) is 22.6 Å². The molecule has 0 saturated carbocycles. The fraction of sp³-hybridized carbons (Fsp3) is 0.611. The van der Waals surface area contributed by atoms with Crippen molar-refractivity contribution in [3.63, 3.8) is 0 Å². The highest BCUT2D eigenvalue weighted by atomic mass is 32.1. The van der Waals surface area contributed by atoms with Crippen LogP contribution < -0.4 is 5.32 Å². The first-order chi connectivity index (χ1) is 11.9. The zero-order chi connectivity index (χ0) is 17.6. The van der Waals surface area contributed by atoms with Crippen molar-refractivity contribution in [2.75, 3.05) is 6.54 Å². The topological polar surface area (TPSA) is 64.3 Å². The van der Waals surface area contributed by atoms with Gasteiger partial charge in [-0.15, -0.1) is 16.4 Å². The molecule has 1 aliphatic rings. The normalized spacial score (nSPS) is 16.8. The van der Waals surface area contributed by atoms with E-state index >= 15 is 0 Å². The molecule has 3 aromatic rings. The third-order valence-electron chi connectivity index (χ3n) is 4.63. The highest BCUT2D eigenvalue weighted by Gasteiger charge is 2.30. The van der Waals surface area contributed by atoms with Gasteiger partial charge in [0.15, 0.2) is 11.5 Å². The van der Waals surface area contributed by atoms with Crippen molar-refractivity contribution in [2.45, 2.75) is 59.3 Å². The van der Waals surface area contributed by atoms with E-state index in [-0.39, 0.29) is 5.60 Å². The average Bonchev–Trinajstić information content (AvgIpc) is 3.10. The van der Waals surface area contributed by atoms with Crippen molar-refractivity contribution < 1.29 is 4.74 Å². The van der Waals surface area contributed by atoms with Gasteiger partial charge in [0.1, 0.15) is 11.2 Å². The number of rotatable bonds is 5. The SMILES string of the molecule is CC(C)CCNCc1nc2c3c4c(sc3ncn2n1)COC(C)(C)C4. The Morgan fingerprint density at radius 3 is 3.04 bits per heavy atom. The Morgan fingerprint density at radius 2 is 2.24 bits per heavy atom. The number of thiophene rings is 1. The van der Waals surface area contributed by atoms with E-state index in [9.17, 15) is 0 Å². The average molecular weight is 359 g/mol. The Hall–Kier alpha value is -1.57. The van der Waals surface area contributed by atoms with E-state index in [0.717, 1.165) is 41.1 Å². The molecule has 0 bridgehead atoms. The monoisotopic (exact) mass is 359 g/mol. The molecule has 0 atom stereocenters. The van der Waals surface area contributed by atoms with Crippen LogP contribution in [-0.4, -0.2) is 31.7 Å². The minimum Gasteiger partial charge on any atom is -0.370 e.